The molecule has 16 heavy (non-hydrogen) atoms. The molecule has 0 unspecified atom stereocenters. The monoisotopic (exact) mass is 263 g/mol. The van der Waals surface area contributed by atoms with Gasteiger partial charge >= 0.3 is 0 Å². The van der Waals surface area contributed by atoms with Crippen LogP contribution in [0.25, 0.3) is 0 Å². The number of aromatic amines is 1. The van der Waals surface area contributed by atoms with E-state index < -0.39 is 20.8 Å². The number of nitrogens with one attached hydrogen (secondary N) is 2. The SMILES string of the molecule is O=S1CCC(NS(=O)(=O)c2cnc[nH]2)CC1. The smallest absolute Gasteiger partial charge is 0.257 e. The van der Waals surface area contributed by atoms with Gasteiger partial charge in [-0.25, -0.2) is 18.1 Å². The standard InChI is InChI=1S/C8H13N3O3S2/c12-15-3-1-7(2-4-15)11-16(13,14)8-5-9-6-10-8/h5-7,11H,1-4H2,(H,9,10). The fourth-order valence-electron chi connectivity index (χ4n) is 1.58. The van der Waals surface area contributed by atoms with Crippen LogP contribution in [0.1, 0.15) is 12.8 Å². The van der Waals surface area contributed by atoms with Crippen molar-refractivity contribution >= 4 is 20.8 Å². The van der Waals surface area contributed by atoms with E-state index in [9.17, 15) is 12.6 Å². The van der Waals surface area contributed by atoms with Crippen molar-refractivity contribution in [2.75, 3.05) is 11.5 Å². The quantitative estimate of drug-likeness (QED) is 0.776. The van der Waals surface area contributed by atoms with Crippen LogP contribution in [0.4, 0.5) is 0 Å². The highest BCUT2D eigenvalue weighted by atomic mass is 32.2. The highest BCUT2D eigenvalue weighted by Crippen LogP contribution is 2.12. The highest BCUT2D eigenvalue weighted by molar-refractivity contribution is 7.89. The van der Waals surface area contributed by atoms with E-state index in [1.54, 1.807) is 0 Å². The average molecular weight is 263 g/mol. The molecule has 0 amide bonds. The van der Waals surface area contributed by atoms with E-state index >= 15 is 0 Å². The van der Waals surface area contributed by atoms with Crippen LogP contribution in [0.15, 0.2) is 17.6 Å². The third-order valence-corrected chi connectivity index (χ3v) is 5.30. The summed E-state index contributed by atoms with van der Waals surface area (Å²) in [7, 11) is -4.28. The van der Waals surface area contributed by atoms with Crippen molar-refractivity contribution in [1.82, 2.24) is 14.7 Å². The fraction of sp³-hybridized carbons (Fsp3) is 0.625. The van der Waals surface area contributed by atoms with Crippen LogP contribution in [-0.2, 0) is 20.8 Å². The Balaban J connectivity index is 2.02. The van der Waals surface area contributed by atoms with Crippen molar-refractivity contribution < 1.29 is 12.6 Å². The number of hydrogen-bond donors (Lipinski definition) is 2. The van der Waals surface area contributed by atoms with Gasteiger partial charge in [-0.05, 0) is 12.8 Å². The summed E-state index contributed by atoms with van der Waals surface area (Å²) in [5, 5.41) is 0.0687. The van der Waals surface area contributed by atoms with E-state index in [1.165, 1.54) is 12.5 Å². The first-order chi connectivity index (χ1) is 7.58. The molecule has 0 atom stereocenters. The molecule has 2 rings (SSSR count). The lowest BCUT2D eigenvalue weighted by atomic mass is 10.2. The Hall–Kier alpha value is -0.730. The van der Waals surface area contributed by atoms with Gasteiger partial charge in [-0.15, -0.1) is 0 Å². The Kier molecular flexibility index (Phi) is 3.41. The highest BCUT2D eigenvalue weighted by Gasteiger charge is 2.24. The summed E-state index contributed by atoms with van der Waals surface area (Å²) >= 11 is 0. The van der Waals surface area contributed by atoms with E-state index in [4.69, 9.17) is 0 Å². The Bertz CT molecular complexity index is 459. The van der Waals surface area contributed by atoms with E-state index in [2.05, 4.69) is 14.7 Å². The summed E-state index contributed by atoms with van der Waals surface area (Å²) in [5.74, 6) is 1.13. The molecule has 1 saturated heterocycles. The van der Waals surface area contributed by atoms with Gasteiger partial charge in [-0.1, -0.05) is 0 Å². The lowest BCUT2D eigenvalue weighted by Crippen LogP contribution is -2.39. The number of nitrogens with zero attached hydrogens (tertiary/aromatic N) is 1. The predicted molar refractivity (Wildman–Crippen MR) is 59.8 cm³/mol. The molecule has 0 radical (unpaired) electrons. The maximum atomic E-state index is 11.8. The maximum absolute atomic E-state index is 11.8. The third kappa shape index (κ3) is 2.69. The Morgan fingerprint density at radius 1 is 1.44 bits per heavy atom. The maximum Gasteiger partial charge on any atom is 0.257 e. The van der Waals surface area contributed by atoms with Gasteiger partial charge in [-0.2, -0.15) is 0 Å². The summed E-state index contributed by atoms with van der Waals surface area (Å²) < 4.78 is 37.3. The topological polar surface area (TPSA) is 91.9 Å². The summed E-state index contributed by atoms with van der Waals surface area (Å²) in [6, 6.07) is -0.119. The van der Waals surface area contributed by atoms with Crippen molar-refractivity contribution in [1.29, 1.82) is 0 Å². The molecule has 0 saturated carbocycles. The molecule has 2 N–H and O–H groups in total. The summed E-state index contributed by atoms with van der Waals surface area (Å²) in [6.07, 6.45) is 3.84. The minimum absolute atomic E-state index is 0.0687. The molecule has 0 aromatic carbocycles. The second-order valence-corrected chi connectivity index (χ2v) is 7.04. The summed E-state index contributed by atoms with van der Waals surface area (Å²) in [5.41, 5.74) is 0. The number of sulfonamides is 1. The number of aromatic nitrogens is 2. The van der Waals surface area contributed by atoms with E-state index in [-0.39, 0.29) is 11.1 Å². The largest absolute Gasteiger partial charge is 0.335 e. The van der Waals surface area contributed by atoms with Crippen molar-refractivity contribution in [3.8, 4) is 0 Å². The molecule has 0 bridgehead atoms. The van der Waals surface area contributed by atoms with Crippen LogP contribution in [-0.4, -0.2) is 40.1 Å². The first-order valence-electron chi connectivity index (χ1n) is 4.93. The first-order valence-corrected chi connectivity index (χ1v) is 7.91. The second kappa shape index (κ2) is 4.64. The normalized spacial score (nSPS) is 26.8. The van der Waals surface area contributed by atoms with Crippen LogP contribution in [0.3, 0.4) is 0 Å². The Labute approximate surface area is 96.4 Å². The Morgan fingerprint density at radius 2 is 2.12 bits per heavy atom. The molecule has 6 nitrogen and oxygen atoms in total. The molecular formula is C8H13N3O3S2. The molecular weight excluding hydrogens is 250 g/mol. The van der Waals surface area contributed by atoms with Crippen LogP contribution in [0.5, 0.6) is 0 Å². The minimum atomic E-state index is -3.50. The van der Waals surface area contributed by atoms with Crippen molar-refractivity contribution in [3.63, 3.8) is 0 Å². The zero-order valence-electron chi connectivity index (χ0n) is 8.55. The van der Waals surface area contributed by atoms with Gasteiger partial charge in [0.25, 0.3) is 10.0 Å². The molecule has 1 aliphatic rings. The van der Waals surface area contributed by atoms with Gasteiger partial charge in [0.15, 0.2) is 5.03 Å². The molecule has 0 aliphatic carbocycles. The van der Waals surface area contributed by atoms with Crippen LogP contribution in [0.2, 0.25) is 0 Å². The van der Waals surface area contributed by atoms with E-state index in [0.29, 0.717) is 24.3 Å². The van der Waals surface area contributed by atoms with Gasteiger partial charge in [0, 0.05) is 28.3 Å². The van der Waals surface area contributed by atoms with Crippen molar-refractivity contribution in [2.24, 2.45) is 0 Å². The van der Waals surface area contributed by atoms with Gasteiger partial charge in [-0.3, -0.25) is 4.21 Å². The molecule has 1 fully saturated rings. The number of H-pyrrole nitrogens is 1. The zero-order valence-corrected chi connectivity index (χ0v) is 10.2. The lowest BCUT2D eigenvalue weighted by molar-refractivity contribution is 0.520. The number of rotatable bonds is 3. The van der Waals surface area contributed by atoms with Crippen LogP contribution < -0.4 is 4.72 Å². The number of imidazole rings is 1. The zero-order chi connectivity index (χ0) is 11.6. The van der Waals surface area contributed by atoms with E-state index in [0.717, 1.165) is 0 Å². The minimum Gasteiger partial charge on any atom is -0.335 e. The molecule has 0 spiro atoms. The molecule has 90 valence electrons. The Morgan fingerprint density at radius 3 is 2.69 bits per heavy atom. The van der Waals surface area contributed by atoms with Gasteiger partial charge in [0.2, 0.25) is 0 Å². The summed E-state index contributed by atoms with van der Waals surface area (Å²) in [6.45, 7) is 0. The van der Waals surface area contributed by atoms with Crippen molar-refractivity contribution in [3.05, 3.63) is 12.5 Å². The molecule has 2 heterocycles. The molecule has 1 aliphatic heterocycles. The molecule has 1 aromatic heterocycles. The van der Waals surface area contributed by atoms with Gasteiger partial charge in [0.05, 0.1) is 12.5 Å². The molecule has 8 heteroatoms. The third-order valence-electron chi connectivity index (χ3n) is 2.47. The van der Waals surface area contributed by atoms with Crippen molar-refractivity contribution in [2.45, 2.75) is 23.9 Å². The fourth-order valence-corrected chi connectivity index (χ4v) is 4.09. The van der Waals surface area contributed by atoms with Crippen LogP contribution >= 0.6 is 0 Å². The second-order valence-electron chi connectivity index (χ2n) is 3.66. The number of hydrogen-bond acceptors (Lipinski definition) is 4. The lowest BCUT2D eigenvalue weighted by Gasteiger charge is -2.21. The summed E-state index contributed by atoms with van der Waals surface area (Å²) in [4.78, 5) is 6.22. The van der Waals surface area contributed by atoms with E-state index in [1.807, 2.05) is 0 Å². The van der Waals surface area contributed by atoms with Crippen LogP contribution in [0, 0.1) is 0 Å². The predicted octanol–water partition coefficient (Wildman–Crippen LogP) is -0.401. The molecule has 1 aromatic rings. The van der Waals surface area contributed by atoms with Gasteiger partial charge < -0.3 is 4.98 Å². The first kappa shape index (κ1) is 11.7. The van der Waals surface area contributed by atoms with Gasteiger partial charge in [0.1, 0.15) is 0 Å². The average Bonchev–Trinajstić information content (AvgIpc) is 2.75.